The van der Waals surface area contributed by atoms with Gasteiger partial charge in [0.2, 0.25) is 0 Å². The van der Waals surface area contributed by atoms with E-state index in [0.29, 0.717) is 0 Å². The highest BCUT2D eigenvalue weighted by atomic mass is 16.5. The van der Waals surface area contributed by atoms with Crippen molar-refractivity contribution in [2.24, 2.45) is 5.92 Å². The van der Waals surface area contributed by atoms with E-state index in [1.165, 1.54) is 35.6 Å². The van der Waals surface area contributed by atoms with Crippen molar-refractivity contribution in [3.8, 4) is 5.75 Å². The average molecular weight is 269 g/mol. The molecule has 0 amide bonds. The highest BCUT2D eigenvalue weighted by Gasteiger charge is 2.18. The molecule has 0 heterocycles. The second kappa shape index (κ2) is 6.27. The Labute approximate surface area is 121 Å². The summed E-state index contributed by atoms with van der Waals surface area (Å²) >= 11 is 0. The molecule has 0 aromatic heterocycles. The Bertz CT molecular complexity index is 575. The summed E-state index contributed by atoms with van der Waals surface area (Å²) in [6.45, 7) is 4.86. The molecule has 0 atom stereocenters. The minimum Gasteiger partial charge on any atom is -0.493 e. The fourth-order valence-corrected chi connectivity index (χ4v) is 2.75. The first-order chi connectivity index (χ1) is 9.88. The highest BCUT2D eigenvalue weighted by Crippen LogP contribution is 2.31. The molecule has 0 aliphatic heterocycles. The van der Waals surface area contributed by atoms with E-state index in [1.807, 2.05) is 0 Å². The van der Waals surface area contributed by atoms with Gasteiger partial charge < -0.3 is 10.1 Å². The van der Waals surface area contributed by atoms with Gasteiger partial charge in [-0.3, -0.25) is 0 Å². The maximum atomic E-state index is 6.11. The van der Waals surface area contributed by atoms with Crippen LogP contribution in [0.1, 0.15) is 31.7 Å². The standard InChI is InChI=1S/C18H23NO/c1-2-19-12-17-16-9-4-3-8-15(16)10-11-18(17)20-13-14-6-5-7-14/h3-4,8-11,14,19H,2,5-7,12-13H2,1H3. The summed E-state index contributed by atoms with van der Waals surface area (Å²) in [5, 5.41) is 6.03. The molecule has 20 heavy (non-hydrogen) atoms. The van der Waals surface area contributed by atoms with Crippen LogP contribution in [0.4, 0.5) is 0 Å². The highest BCUT2D eigenvalue weighted by molar-refractivity contribution is 5.87. The van der Waals surface area contributed by atoms with Gasteiger partial charge in [-0.05, 0) is 42.1 Å². The first kappa shape index (κ1) is 13.4. The van der Waals surface area contributed by atoms with E-state index in [0.717, 1.165) is 31.4 Å². The minimum atomic E-state index is 0.772. The molecule has 2 nitrogen and oxygen atoms in total. The Morgan fingerprint density at radius 2 is 2.00 bits per heavy atom. The van der Waals surface area contributed by atoms with E-state index in [9.17, 15) is 0 Å². The number of benzene rings is 2. The third-order valence-electron chi connectivity index (χ3n) is 4.25. The molecule has 1 aliphatic rings. The van der Waals surface area contributed by atoms with Gasteiger partial charge in [0.1, 0.15) is 5.75 Å². The monoisotopic (exact) mass is 269 g/mol. The average Bonchev–Trinajstić information content (AvgIpc) is 2.44. The molecule has 2 heteroatoms. The molecule has 2 aromatic rings. The number of nitrogens with one attached hydrogen (secondary N) is 1. The zero-order valence-corrected chi connectivity index (χ0v) is 12.2. The molecule has 2 aromatic carbocycles. The molecular formula is C18H23NO. The van der Waals surface area contributed by atoms with Gasteiger partial charge in [0.25, 0.3) is 0 Å². The zero-order chi connectivity index (χ0) is 13.8. The van der Waals surface area contributed by atoms with E-state index in [1.54, 1.807) is 0 Å². The third kappa shape index (κ3) is 2.80. The lowest BCUT2D eigenvalue weighted by Gasteiger charge is -2.26. The third-order valence-corrected chi connectivity index (χ3v) is 4.25. The number of fused-ring (bicyclic) bond motifs is 1. The van der Waals surface area contributed by atoms with Crippen molar-refractivity contribution in [1.29, 1.82) is 0 Å². The van der Waals surface area contributed by atoms with Gasteiger partial charge in [0, 0.05) is 12.1 Å². The predicted molar refractivity (Wildman–Crippen MR) is 84.2 cm³/mol. The summed E-state index contributed by atoms with van der Waals surface area (Å²) < 4.78 is 6.11. The van der Waals surface area contributed by atoms with E-state index < -0.39 is 0 Å². The Morgan fingerprint density at radius 3 is 2.75 bits per heavy atom. The Hall–Kier alpha value is -1.54. The van der Waals surface area contributed by atoms with Gasteiger partial charge in [-0.25, -0.2) is 0 Å². The van der Waals surface area contributed by atoms with Gasteiger partial charge in [0.15, 0.2) is 0 Å². The number of hydrogen-bond acceptors (Lipinski definition) is 2. The maximum absolute atomic E-state index is 6.11. The lowest BCUT2D eigenvalue weighted by atomic mass is 9.86. The minimum absolute atomic E-state index is 0.772. The normalized spacial score (nSPS) is 15.2. The molecule has 1 saturated carbocycles. The molecule has 3 rings (SSSR count). The predicted octanol–water partition coefficient (Wildman–Crippen LogP) is 4.13. The van der Waals surface area contributed by atoms with Crippen LogP contribution in [-0.4, -0.2) is 13.2 Å². The van der Waals surface area contributed by atoms with Gasteiger partial charge in [-0.2, -0.15) is 0 Å². The van der Waals surface area contributed by atoms with Crippen LogP contribution in [0.15, 0.2) is 36.4 Å². The van der Waals surface area contributed by atoms with Crippen LogP contribution >= 0.6 is 0 Å². The van der Waals surface area contributed by atoms with E-state index >= 15 is 0 Å². The van der Waals surface area contributed by atoms with Crippen LogP contribution in [0.25, 0.3) is 10.8 Å². The number of rotatable bonds is 6. The van der Waals surface area contributed by atoms with Gasteiger partial charge >= 0.3 is 0 Å². The summed E-state index contributed by atoms with van der Waals surface area (Å²) in [6, 6.07) is 12.9. The van der Waals surface area contributed by atoms with Crippen molar-refractivity contribution in [1.82, 2.24) is 5.32 Å². The van der Waals surface area contributed by atoms with Crippen molar-refractivity contribution < 1.29 is 4.74 Å². The summed E-state index contributed by atoms with van der Waals surface area (Å²) in [5.74, 6) is 1.82. The molecule has 0 saturated heterocycles. The first-order valence-corrected chi connectivity index (χ1v) is 7.72. The van der Waals surface area contributed by atoms with Crippen molar-refractivity contribution in [3.63, 3.8) is 0 Å². The van der Waals surface area contributed by atoms with Crippen LogP contribution in [-0.2, 0) is 6.54 Å². The molecule has 1 aliphatic carbocycles. The van der Waals surface area contributed by atoms with Crippen LogP contribution in [0.5, 0.6) is 5.75 Å². The van der Waals surface area contributed by atoms with Gasteiger partial charge in [0.05, 0.1) is 6.61 Å². The SMILES string of the molecule is CCNCc1c(OCC2CCC2)ccc2ccccc12. The molecule has 0 radical (unpaired) electrons. The Balaban J connectivity index is 1.87. The molecule has 1 N–H and O–H groups in total. The lowest BCUT2D eigenvalue weighted by Crippen LogP contribution is -2.20. The maximum Gasteiger partial charge on any atom is 0.124 e. The largest absolute Gasteiger partial charge is 0.493 e. The van der Waals surface area contributed by atoms with Gasteiger partial charge in [-0.15, -0.1) is 0 Å². The smallest absolute Gasteiger partial charge is 0.124 e. The second-order valence-electron chi connectivity index (χ2n) is 5.65. The topological polar surface area (TPSA) is 21.3 Å². The Morgan fingerprint density at radius 1 is 1.15 bits per heavy atom. The lowest BCUT2D eigenvalue weighted by molar-refractivity contribution is 0.179. The second-order valence-corrected chi connectivity index (χ2v) is 5.65. The fourth-order valence-electron chi connectivity index (χ4n) is 2.75. The number of ether oxygens (including phenoxy) is 1. The van der Waals surface area contributed by atoms with Crippen molar-refractivity contribution in [3.05, 3.63) is 42.0 Å². The molecular weight excluding hydrogens is 246 g/mol. The summed E-state index contributed by atoms with van der Waals surface area (Å²) in [5.41, 5.74) is 1.30. The zero-order valence-electron chi connectivity index (χ0n) is 12.2. The number of hydrogen-bond donors (Lipinski definition) is 1. The fraction of sp³-hybridized carbons (Fsp3) is 0.444. The van der Waals surface area contributed by atoms with E-state index in [4.69, 9.17) is 4.74 Å². The van der Waals surface area contributed by atoms with E-state index in [2.05, 4.69) is 48.6 Å². The van der Waals surface area contributed by atoms with Crippen LogP contribution in [0, 0.1) is 5.92 Å². The van der Waals surface area contributed by atoms with E-state index in [-0.39, 0.29) is 0 Å². The summed E-state index contributed by atoms with van der Waals surface area (Å²) in [4.78, 5) is 0. The molecule has 0 spiro atoms. The molecule has 1 fully saturated rings. The van der Waals surface area contributed by atoms with Crippen molar-refractivity contribution >= 4 is 10.8 Å². The van der Waals surface area contributed by atoms with Crippen molar-refractivity contribution in [2.75, 3.05) is 13.2 Å². The summed E-state index contributed by atoms with van der Waals surface area (Å²) in [7, 11) is 0. The van der Waals surface area contributed by atoms with Crippen LogP contribution < -0.4 is 10.1 Å². The van der Waals surface area contributed by atoms with Crippen molar-refractivity contribution in [2.45, 2.75) is 32.7 Å². The quantitative estimate of drug-likeness (QED) is 0.851. The van der Waals surface area contributed by atoms with Crippen LogP contribution in [0.3, 0.4) is 0 Å². The van der Waals surface area contributed by atoms with Crippen LogP contribution in [0.2, 0.25) is 0 Å². The molecule has 0 bridgehead atoms. The molecule has 0 unspecified atom stereocenters. The Kier molecular flexibility index (Phi) is 4.22. The first-order valence-electron chi connectivity index (χ1n) is 7.72. The van der Waals surface area contributed by atoms with Gasteiger partial charge in [-0.1, -0.05) is 43.7 Å². The summed E-state index contributed by atoms with van der Waals surface area (Å²) in [6.07, 6.45) is 4.03. The molecule has 106 valence electrons.